The molecule has 3 heterocycles. The number of carbonyl (C=O) groups is 1. The Morgan fingerprint density at radius 3 is 2.63 bits per heavy atom. The third-order valence-corrected chi connectivity index (χ3v) is 5.07. The Morgan fingerprint density at radius 2 is 1.93 bits per heavy atom. The SMILES string of the molecule is O=C(c1cc(-n2cccn2)ccc1Cl)N1CCN(Cc2cccnc2)CC1. The highest BCUT2D eigenvalue weighted by Gasteiger charge is 2.24. The normalized spacial score (nSPS) is 15.1. The first-order valence-corrected chi connectivity index (χ1v) is 9.28. The van der Waals surface area contributed by atoms with Crippen molar-refractivity contribution < 1.29 is 4.79 Å². The zero-order valence-electron chi connectivity index (χ0n) is 14.8. The van der Waals surface area contributed by atoms with E-state index in [2.05, 4.69) is 21.0 Å². The number of aromatic nitrogens is 3. The van der Waals surface area contributed by atoms with E-state index in [1.807, 2.05) is 35.5 Å². The lowest BCUT2D eigenvalue weighted by molar-refractivity contribution is 0.0628. The number of hydrogen-bond acceptors (Lipinski definition) is 4. The molecule has 1 fully saturated rings. The standard InChI is InChI=1S/C20H20ClN5O/c21-19-5-4-17(26-8-2-7-23-26)13-18(19)20(27)25-11-9-24(10-12-25)15-16-3-1-6-22-14-16/h1-8,13-14H,9-12,15H2. The summed E-state index contributed by atoms with van der Waals surface area (Å²) in [5.41, 5.74) is 2.53. The maximum atomic E-state index is 13.0. The smallest absolute Gasteiger partial charge is 0.255 e. The molecule has 1 amide bonds. The molecule has 1 aliphatic rings. The second-order valence-corrected chi connectivity index (χ2v) is 6.95. The van der Waals surface area contributed by atoms with Crippen molar-refractivity contribution in [2.24, 2.45) is 0 Å². The van der Waals surface area contributed by atoms with E-state index in [0.29, 0.717) is 23.7 Å². The molecule has 1 aliphatic heterocycles. The summed E-state index contributed by atoms with van der Waals surface area (Å²) in [6.07, 6.45) is 7.21. The molecule has 0 N–H and O–H groups in total. The van der Waals surface area contributed by atoms with Gasteiger partial charge in [-0.1, -0.05) is 17.7 Å². The van der Waals surface area contributed by atoms with Gasteiger partial charge in [0.05, 0.1) is 16.3 Å². The predicted molar refractivity (Wildman–Crippen MR) is 104 cm³/mol. The van der Waals surface area contributed by atoms with Crippen LogP contribution >= 0.6 is 11.6 Å². The number of halogens is 1. The first-order valence-electron chi connectivity index (χ1n) is 8.91. The first-order chi connectivity index (χ1) is 13.2. The molecular formula is C20H20ClN5O. The van der Waals surface area contributed by atoms with Gasteiger partial charge in [-0.3, -0.25) is 14.7 Å². The highest BCUT2D eigenvalue weighted by molar-refractivity contribution is 6.33. The van der Waals surface area contributed by atoms with Gasteiger partial charge < -0.3 is 4.90 Å². The quantitative estimate of drug-likeness (QED) is 0.697. The Bertz CT molecular complexity index is 905. The van der Waals surface area contributed by atoms with Gasteiger partial charge in [-0.15, -0.1) is 0 Å². The van der Waals surface area contributed by atoms with Gasteiger partial charge >= 0.3 is 0 Å². The third kappa shape index (κ3) is 4.02. The average molecular weight is 382 g/mol. The number of nitrogens with zero attached hydrogens (tertiary/aromatic N) is 5. The Labute approximate surface area is 163 Å². The number of piperazine rings is 1. The summed E-state index contributed by atoms with van der Waals surface area (Å²) in [6.45, 7) is 3.88. The fourth-order valence-electron chi connectivity index (χ4n) is 3.27. The van der Waals surface area contributed by atoms with Crippen molar-refractivity contribution in [3.8, 4) is 5.69 Å². The van der Waals surface area contributed by atoms with Crippen LogP contribution in [0.15, 0.2) is 61.2 Å². The van der Waals surface area contributed by atoms with Crippen molar-refractivity contribution in [2.75, 3.05) is 26.2 Å². The van der Waals surface area contributed by atoms with Crippen molar-refractivity contribution in [3.63, 3.8) is 0 Å². The van der Waals surface area contributed by atoms with E-state index in [9.17, 15) is 4.79 Å². The molecule has 2 aromatic heterocycles. The Balaban J connectivity index is 1.43. The fourth-order valence-corrected chi connectivity index (χ4v) is 3.47. The number of rotatable bonds is 4. The average Bonchev–Trinajstić information content (AvgIpc) is 3.24. The van der Waals surface area contributed by atoms with Gasteiger partial charge in [-0.25, -0.2) is 4.68 Å². The van der Waals surface area contributed by atoms with Crippen molar-refractivity contribution in [1.82, 2.24) is 24.6 Å². The van der Waals surface area contributed by atoms with Crippen LogP contribution < -0.4 is 0 Å². The summed E-state index contributed by atoms with van der Waals surface area (Å²) >= 11 is 6.31. The van der Waals surface area contributed by atoms with E-state index in [1.165, 1.54) is 5.56 Å². The molecule has 138 valence electrons. The van der Waals surface area contributed by atoms with Crippen LogP contribution in [-0.4, -0.2) is 56.7 Å². The summed E-state index contributed by atoms with van der Waals surface area (Å²) < 4.78 is 1.72. The molecule has 0 unspecified atom stereocenters. The lowest BCUT2D eigenvalue weighted by atomic mass is 10.1. The minimum absolute atomic E-state index is 0.0324. The van der Waals surface area contributed by atoms with Crippen LogP contribution in [0, 0.1) is 0 Å². The molecule has 6 nitrogen and oxygen atoms in total. The Hall–Kier alpha value is -2.70. The van der Waals surface area contributed by atoms with Crippen LogP contribution in [0.2, 0.25) is 5.02 Å². The molecule has 0 atom stereocenters. The molecule has 1 aromatic carbocycles. The van der Waals surface area contributed by atoms with Crippen LogP contribution in [0.4, 0.5) is 0 Å². The van der Waals surface area contributed by atoms with Crippen molar-refractivity contribution in [2.45, 2.75) is 6.54 Å². The monoisotopic (exact) mass is 381 g/mol. The van der Waals surface area contributed by atoms with E-state index < -0.39 is 0 Å². The molecule has 0 aliphatic carbocycles. The largest absolute Gasteiger partial charge is 0.336 e. The summed E-state index contributed by atoms with van der Waals surface area (Å²) in [7, 11) is 0. The van der Waals surface area contributed by atoms with Crippen LogP contribution in [0.25, 0.3) is 5.69 Å². The second-order valence-electron chi connectivity index (χ2n) is 6.54. The molecule has 27 heavy (non-hydrogen) atoms. The van der Waals surface area contributed by atoms with Crippen molar-refractivity contribution in [1.29, 1.82) is 0 Å². The first kappa shape index (κ1) is 17.7. The van der Waals surface area contributed by atoms with E-state index in [0.717, 1.165) is 25.3 Å². The number of amides is 1. The maximum Gasteiger partial charge on any atom is 0.255 e. The zero-order valence-corrected chi connectivity index (χ0v) is 15.6. The lowest BCUT2D eigenvalue weighted by Gasteiger charge is -2.35. The van der Waals surface area contributed by atoms with E-state index >= 15 is 0 Å². The van der Waals surface area contributed by atoms with Gasteiger partial charge in [0.2, 0.25) is 0 Å². The molecule has 0 bridgehead atoms. The van der Waals surface area contributed by atoms with Gasteiger partial charge in [-0.2, -0.15) is 5.10 Å². The molecule has 4 rings (SSSR count). The summed E-state index contributed by atoms with van der Waals surface area (Å²) in [4.78, 5) is 21.4. The molecule has 0 radical (unpaired) electrons. The lowest BCUT2D eigenvalue weighted by Crippen LogP contribution is -2.48. The number of benzene rings is 1. The Morgan fingerprint density at radius 1 is 1.07 bits per heavy atom. The van der Waals surface area contributed by atoms with E-state index in [-0.39, 0.29) is 5.91 Å². The molecule has 0 saturated carbocycles. The minimum Gasteiger partial charge on any atom is -0.336 e. The maximum absolute atomic E-state index is 13.0. The minimum atomic E-state index is -0.0324. The summed E-state index contributed by atoms with van der Waals surface area (Å²) in [6, 6.07) is 11.3. The van der Waals surface area contributed by atoms with Crippen LogP contribution in [0.3, 0.4) is 0 Å². The van der Waals surface area contributed by atoms with E-state index in [4.69, 9.17) is 11.6 Å². The molecule has 7 heteroatoms. The summed E-state index contributed by atoms with van der Waals surface area (Å²) in [5, 5.41) is 4.68. The van der Waals surface area contributed by atoms with Crippen LogP contribution in [0.5, 0.6) is 0 Å². The molecule has 0 spiro atoms. The Kier molecular flexibility index (Phi) is 5.18. The molecule has 3 aromatic rings. The summed E-state index contributed by atoms with van der Waals surface area (Å²) in [5.74, 6) is -0.0324. The topological polar surface area (TPSA) is 54.3 Å². The third-order valence-electron chi connectivity index (χ3n) is 4.74. The van der Waals surface area contributed by atoms with Gasteiger partial charge in [0.25, 0.3) is 5.91 Å². The molecular weight excluding hydrogens is 362 g/mol. The highest BCUT2D eigenvalue weighted by Crippen LogP contribution is 2.22. The predicted octanol–water partition coefficient (Wildman–Crippen LogP) is 2.88. The zero-order chi connectivity index (χ0) is 18.6. The highest BCUT2D eigenvalue weighted by atomic mass is 35.5. The molecule has 1 saturated heterocycles. The van der Waals surface area contributed by atoms with Crippen molar-refractivity contribution >= 4 is 17.5 Å². The number of hydrogen-bond donors (Lipinski definition) is 0. The van der Waals surface area contributed by atoms with Gasteiger partial charge in [0.15, 0.2) is 0 Å². The van der Waals surface area contributed by atoms with Gasteiger partial charge in [0, 0.05) is 57.5 Å². The van der Waals surface area contributed by atoms with Gasteiger partial charge in [-0.05, 0) is 35.9 Å². The number of carbonyl (C=O) groups excluding carboxylic acids is 1. The van der Waals surface area contributed by atoms with Crippen LogP contribution in [-0.2, 0) is 6.54 Å². The fraction of sp³-hybridized carbons (Fsp3) is 0.250. The van der Waals surface area contributed by atoms with Gasteiger partial charge in [0.1, 0.15) is 0 Å². The van der Waals surface area contributed by atoms with E-state index in [1.54, 1.807) is 29.2 Å². The van der Waals surface area contributed by atoms with Crippen LogP contribution in [0.1, 0.15) is 15.9 Å². The second kappa shape index (κ2) is 7.90. The number of pyridine rings is 1. The van der Waals surface area contributed by atoms with Crippen molar-refractivity contribution in [3.05, 3.63) is 77.3 Å².